The minimum absolute atomic E-state index is 0.00164. The van der Waals surface area contributed by atoms with Gasteiger partial charge in [0.2, 0.25) is 0 Å². The second-order valence-electron chi connectivity index (χ2n) is 6.11. The van der Waals surface area contributed by atoms with E-state index in [9.17, 15) is 5.11 Å². The fourth-order valence-electron chi connectivity index (χ4n) is 3.22. The summed E-state index contributed by atoms with van der Waals surface area (Å²) in [6.45, 7) is 2.36. The molecule has 0 bridgehead atoms. The van der Waals surface area contributed by atoms with Gasteiger partial charge in [0.15, 0.2) is 5.65 Å². The van der Waals surface area contributed by atoms with Crippen LogP contribution in [0.2, 0.25) is 0 Å². The molecule has 4 nitrogen and oxygen atoms in total. The number of fused-ring (bicyclic) bond motifs is 1. The highest BCUT2D eigenvalue weighted by molar-refractivity contribution is 5.46. The average Bonchev–Trinajstić information content (AvgIpc) is 2.85. The van der Waals surface area contributed by atoms with E-state index < -0.39 is 0 Å². The molecule has 0 radical (unpaired) electrons. The van der Waals surface area contributed by atoms with Gasteiger partial charge in [-0.15, -0.1) is 0 Å². The molecule has 0 aliphatic heterocycles. The highest BCUT2D eigenvalue weighted by Crippen LogP contribution is 2.32. The maximum Gasteiger partial charge on any atom is 0.160 e. The third-order valence-electron chi connectivity index (χ3n) is 4.56. The molecule has 1 aliphatic carbocycles. The van der Waals surface area contributed by atoms with E-state index >= 15 is 0 Å². The van der Waals surface area contributed by atoms with Crippen LogP contribution in [-0.4, -0.2) is 19.7 Å². The molecular weight excluding hydrogens is 250 g/mol. The number of aromatic nitrogens is 3. The van der Waals surface area contributed by atoms with Gasteiger partial charge in [-0.2, -0.15) is 5.10 Å². The lowest BCUT2D eigenvalue weighted by atomic mass is 9.84. The van der Waals surface area contributed by atoms with E-state index in [1.807, 2.05) is 6.20 Å². The molecule has 4 heteroatoms. The Balaban J connectivity index is 1.87. The van der Waals surface area contributed by atoms with Gasteiger partial charge in [0.05, 0.1) is 12.8 Å². The Morgan fingerprint density at radius 3 is 2.95 bits per heavy atom. The first-order valence-electron chi connectivity index (χ1n) is 7.72. The van der Waals surface area contributed by atoms with Crippen LogP contribution in [0, 0.1) is 5.92 Å². The predicted molar refractivity (Wildman–Crippen MR) is 78.5 cm³/mol. The molecule has 3 rings (SSSR count). The quantitative estimate of drug-likeness (QED) is 0.913. The zero-order valence-electron chi connectivity index (χ0n) is 12.1. The van der Waals surface area contributed by atoms with Crippen LogP contribution in [0.4, 0.5) is 0 Å². The van der Waals surface area contributed by atoms with Crippen LogP contribution in [0.15, 0.2) is 18.5 Å². The molecule has 0 aromatic carbocycles. The van der Waals surface area contributed by atoms with Crippen molar-refractivity contribution >= 4 is 5.65 Å². The van der Waals surface area contributed by atoms with E-state index in [0.717, 1.165) is 17.1 Å². The van der Waals surface area contributed by atoms with E-state index in [2.05, 4.69) is 18.1 Å². The standard InChI is InChI=1S/C16H23N3O/c1-12-4-2-3-5-13(7-6-12)15-8-9-19-16(18-15)14(11-20)10-17-19/h8-10,12-13,20H,2-7,11H2,1H3. The molecule has 1 fully saturated rings. The van der Waals surface area contributed by atoms with E-state index in [4.69, 9.17) is 4.98 Å². The van der Waals surface area contributed by atoms with Crippen molar-refractivity contribution in [3.63, 3.8) is 0 Å². The van der Waals surface area contributed by atoms with Gasteiger partial charge >= 0.3 is 0 Å². The summed E-state index contributed by atoms with van der Waals surface area (Å²) in [5.41, 5.74) is 2.79. The Morgan fingerprint density at radius 2 is 2.10 bits per heavy atom. The zero-order valence-corrected chi connectivity index (χ0v) is 12.1. The highest BCUT2D eigenvalue weighted by Gasteiger charge is 2.18. The van der Waals surface area contributed by atoms with Crippen LogP contribution in [-0.2, 0) is 6.61 Å². The molecule has 1 aliphatic rings. The molecule has 0 spiro atoms. The number of nitrogens with zero attached hydrogens (tertiary/aromatic N) is 3. The van der Waals surface area contributed by atoms with Crippen LogP contribution in [0.5, 0.6) is 0 Å². The molecule has 0 saturated heterocycles. The van der Waals surface area contributed by atoms with Gasteiger partial charge in [-0.3, -0.25) is 0 Å². The molecule has 2 heterocycles. The zero-order chi connectivity index (χ0) is 13.9. The fraction of sp³-hybridized carbons (Fsp3) is 0.625. The summed E-state index contributed by atoms with van der Waals surface area (Å²) in [4.78, 5) is 4.77. The first-order valence-corrected chi connectivity index (χ1v) is 7.72. The number of hydrogen-bond donors (Lipinski definition) is 1. The van der Waals surface area contributed by atoms with Crippen molar-refractivity contribution in [1.82, 2.24) is 14.6 Å². The second kappa shape index (κ2) is 5.92. The second-order valence-corrected chi connectivity index (χ2v) is 6.11. The van der Waals surface area contributed by atoms with Crippen LogP contribution in [0.3, 0.4) is 0 Å². The van der Waals surface area contributed by atoms with E-state index in [1.54, 1.807) is 10.7 Å². The SMILES string of the molecule is CC1CCCCC(c2ccn3ncc(CO)c3n2)CC1. The summed E-state index contributed by atoms with van der Waals surface area (Å²) in [5.74, 6) is 1.40. The monoisotopic (exact) mass is 273 g/mol. The van der Waals surface area contributed by atoms with Gasteiger partial charge in [0, 0.05) is 23.4 Å². The minimum atomic E-state index is 0.00164. The largest absolute Gasteiger partial charge is 0.391 e. The first kappa shape index (κ1) is 13.6. The first-order chi connectivity index (χ1) is 9.78. The summed E-state index contributed by atoms with van der Waals surface area (Å²) in [7, 11) is 0. The average molecular weight is 273 g/mol. The van der Waals surface area contributed by atoms with Gasteiger partial charge in [0.25, 0.3) is 0 Å². The smallest absolute Gasteiger partial charge is 0.160 e. The van der Waals surface area contributed by atoms with E-state index in [1.165, 1.54) is 44.2 Å². The Morgan fingerprint density at radius 1 is 1.25 bits per heavy atom. The number of aliphatic hydroxyl groups excluding tert-OH is 1. The molecule has 2 atom stereocenters. The maximum absolute atomic E-state index is 9.35. The Kier molecular flexibility index (Phi) is 4.01. The Hall–Kier alpha value is -1.42. The van der Waals surface area contributed by atoms with E-state index in [-0.39, 0.29) is 6.61 Å². The third kappa shape index (κ3) is 2.70. The van der Waals surface area contributed by atoms with Gasteiger partial charge in [-0.05, 0) is 24.8 Å². The summed E-state index contributed by atoms with van der Waals surface area (Å²) in [6.07, 6.45) is 11.4. The lowest BCUT2D eigenvalue weighted by Gasteiger charge is -2.22. The number of aliphatic hydroxyl groups is 1. The fourth-order valence-corrected chi connectivity index (χ4v) is 3.22. The molecular formula is C16H23N3O. The minimum Gasteiger partial charge on any atom is -0.391 e. The summed E-state index contributed by atoms with van der Waals surface area (Å²) >= 11 is 0. The lowest BCUT2D eigenvalue weighted by molar-refractivity contribution is 0.283. The Bertz CT molecular complexity index is 578. The third-order valence-corrected chi connectivity index (χ3v) is 4.56. The van der Waals surface area contributed by atoms with Crippen molar-refractivity contribution in [2.24, 2.45) is 5.92 Å². The van der Waals surface area contributed by atoms with Crippen molar-refractivity contribution < 1.29 is 5.11 Å². The van der Waals surface area contributed by atoms with E-state index in [0.29, 0.717) is 5.92 Å². The van der Waals surface area contributed by atoms with Crippen LogP contribution in [0.1, 0.15) is 62.6 Å². The number of rotatable bonds is 2. The topological polar surface area (TPSA) is 50.4 Å². The Labute approximate surface area is 119 Å². The van der Waals surface area contributed by atoms with Crippen LogP contribution in [0.25, 0.3) is 5.65 Å². The normalized spacial score (nSPS) is 24.5. The molecule has 2 aromatic heterocycles. The lowest BCUT2D eigenvalue weighted by Crippen LogP contribution is -2.09. The molecule has 1 N–H and O–H groups in total. The highest BCUT2D eigenvalue weighted by atomic mass is 16.3. The summed E-state index contributed by atoms with van der Waals surface area (Å²) in [6, 6.07) is 2.10. The summed E-state index contributed by atoms with van der Waals surface area (Å²) in [5, 5.41) is 13.6. The molecule has 20 heavy (non-hydrogen) atoms. The van der Waals surface area contributed by atoms with Crippen molar-refractivity contribution in [1.29, 1.82) is 0 Å². The van der Waals surface area contributed by atoms with Crippen molar-refractivity contribution in [2.75, 3.05) is 0 Å². The maximum atomic E-state index is 9.35. The van der Waals surface area contributed by atoms with Crippen molar-refractivity contribution in [3.05, 3.63) is 29.7 Å². The molecule has 2 unspecified atom stereocenters. The van der Waals surface area contributed by atoms with Crippen LogP contribution < -0.4 is 0 Å². The van der Waals surface area contributed by atoms with Crippen LogP contribution >= 0.6 is 0 Å². The van der Waals surface area contributed by atoms with Gasteiger partial charge in [0.1, 0.15) is 0 Å². The number of hydrogen-bond acceptors (Lipinski definition) is 3. The summed E-state index contributed by atoms with van der Waals surface area (Å²) < 4.78 is 1.75. The van der Waals surface area contributed by atoms with Gasteiger partial charge < -0.3 is 5.11 Å². The predicted octanol–water partition coefficient (Wildman–Crippen LogP) is 3.30. The van der Waals surface area contributed by atoms with Gasteiger partial charge in [-0.1, -0.05) is 32.6 Å². The molecule has 1 saturated carbocycles. The van der Waals surface area contributed by atoms with Crippen molar-refractivity contribution in [3.8, 4) is 0 Å². The van der Waals surface area contributed by atoms with Crippen molar-refractivity contribution in [2.45, 2.75) is 58.0 Å². The molecule has 108 valence electrons. The van der Waals surface area contributed by atoms with Gasteiger partial charge in [-0.25, -0.2) is 9.50 Å². The molecule has 2 aromatic rings. The molecule has 0 amide bonds.